The van der Waals surface area contributed by atoms with E-state index in [1.807, 2.05) is 39.0 Å². The number of rotatable bonds is 5. The van der Waals surface area contributed by atoms with Gasteiger partial charge in [0, 0.05) is 6.04 Å². The molecule has 3 rings (SSSR count). The number of aryl methyl sites for hydroxylation is 1. The third-order valence-corrected chi connectivity index (χ3v) is 4.25. The zero-order valence-electron chi connectivity index (χ0n) is 14.7. The first-order chi connectivity index (χ1) is 12.0. The number of carbonyl (C=O) groups excluding carboxylic acids is 2. The molecule has 0 saturated heterocycles. The van der Waals surface area contributed by atoms with Crippen LogP contribution in [0.1, 0.15) is 42.1 Å². The van der Waals surface area contributed by atoms with Crippen molar-refractivity contribution in [2.45, 2.75) is 39.8 Å². The number of hydrogen-bond acceptors (Lipinski definition) is 4. The summed E-state index contributed by atoms with van der Waals surface area (Å²) in [4.78, 5) is 26.0. The van der Waals surface area contributed by atoms with Gasteiger partial charge in [-0.3, -0.25) is 14.5 Å². The van der Waals surface area contributed by atoms with E-state index in [0.29, 0.717) is 17.2 Å². The van der Waals surface area contributed by atoms with Gasteiger partial charge >= 0.3 is 0 Å². The van der Waals surface area contributed by atoms with Gasteiger partial charge in [0.25, 0.3) is 11.8 Å². The second-order valence-corrected chi connectivity index (χ2v) is 6.29. The summed E-state index contributed by atoms with van der Waals surface area (Å²) in [5.41, 5.74) is 1.78. The minimum absolute atomic E-state index is 0.00147. The standard InChI is InChI=1S/C19H22N2O4/c1-4-13(3)20-19(23)16-8-6-14(25-16)10-21-15-7-5-12(2)9-17(15)24-11-18(21)22/h5-9,13H,4,10-11H2,1-3H3,(H,20,23). The van der Waals surface area contributed by atoms with Crippen molar-refractivity contribution in [3.8, 4) is 5.75 Å². The number of ether oxygens (including phenoxy) is 1. The largest absolute Gasteiger partial charge is 0.482 e. The molecule has 0 bridgehead atoms. The first kappa shape index (κ1) is 17.1. The molecule has 1 N–H and O–H groups in total. The van der Waals surface area contributed by atoms with Gasteiger partial charge in [-0.25, -0.2) is 0 Å². The molecule has 1 aromatic heterocycles. The van der Waals surface area contributed by atoms with E-state index in [9.17, 15) is 9.59 Å². The number of benzene rings is 1. The van der Waals surface area contributed by atoms with Crippen molar-refractivity contribution >= 4 is 17.5 Å². The van der Waals surface area contributed by atoms with Crippen LogP contribution >= 0.6 is 0 Å². The van der Waals surface area contributed by atoms with Crippen LogP contribution < -0.4 is 15.0 Å². The summed E-state index contributed by atoms with van der Waals surface area (Å²) in [5, 5.41) is 2.86. The zero-order valence-corrected chi connectivity index (χ0v) is 14.7. The second kappa shape index (κ2) is 7.01. The van der Waals surface area contributed by atoms with E-state index in [-0.39, 0.29) is 36.8 Å². The number of nitrogens with one attached hydrogen (secondary N) is 1. The molecule has 0 aliphatic carbocycles. The molecule has 2 aromatic rings. The molecule has 0 saturated carbocycles. The molecule has 1 aromatic carbocycles. The van der Waals surface area contributed by atoms with Crippen LogP contribution in [0.4, 0.5) is 5.69 Å². The number of anilines is 1. The molecule has 1 unspecified atom stereocenters. The lowest BCUT2D eigenvalue weighted by molar-refractivity contribution is -0.121. The van der Waals surface area contributed by atoms with Gasteiger partial charge in [-0.15, -0.1) is 0 Å². The van der Waals surface area contributed by atoms with Crippen molar-refractivity contribution in [2.75, 3.05) is 11.5 Å². The maximum absolute atomic E-state index is 12.3. The Balaban J connectivity index is 1.77. The minimum Gasteiger partial charge on any atom is -0.482 e. The molecule has 6 nitrogen and oxygen atoms in total. The fourth-order valence-electron chi connectivity index (χ4n) is 2.62. The minimum atomic E-state index is -0.245. The average Bonchev–Trinajstić information content (AvgIpc) is 3.06. The first-order valence-corrected chi connectivity index (χ1v) is 8.41. The molecule has 6 heteroatoms. The fraction of sp³-hybridized carbons (Fsp3) is 0.368. The number of nitrogens with zero attached hydrogens (tertiary/aromatic N) is 1. The number of furan rings is 1. The summed E-state index contributed by atoms with van der Waals surface area (Å²) in [5.74, 6) is 1.10. The van der Waals surface area contributed by atoms with Gasteiger partial charge in [-0.2, -0.15) is 0 Å². The molecule has 0 fully saturated rings. The van der Waals surface area contributed by atoms with E-state index < -0.39 is 0 Å². The molecule has 25 heavy (non-hydrogen) atoms. The van der Waals surface area contributed by atoms with Crippen molar-refractivity contribution in [3.63, 3.8) is 0 Å². The predicted molar refractivity (Wildman–Crippen MR) is 93.8 cm³/mol. The summed E-state index contributed by atoms with van der Waals surface area (Å²) < 4.78 is 11.1. The van der Waals surface area contributed by atoms with Gasteiger partial charge in [0.05, 0.1) is 12.2 Å². The Morgan fingerprint density at radius 1 is 1.32 bits per heavy atom. The molecule has 0 spiro atoms. The number of fused-ring (bicyclic) bond motifs is 1. The Bertz CT molecular complexity index is 796. The average molecular weight is 342 g/mol. The summed E-state index contributed by atoms with van der Waals surface area (Å²) in [7, 11) is 0. The predicted octanol–water partition coefficient (Wildman–Crippen LogP) is 3.04. The van der Waals surface area contributed by atoms with Crippen LogP contribution in [0.2, 0.25) is 0 Å². The van der Waals surface area contributed by atoms with E-state index in [1.165, 1.54) is 0 Å². The van der Waals surface area contributed by atoms with Gasteiger partial charge in [-0.05, 0) is 50.1 Å². The van der Waals surface area contributed by atoms with E-state index in [2.05, 4.69) is 5.32 Å². The quantitative estimate of drug-likeness (QED) is 0.906. The van der Waals surface area contributed by atoms with E-state index in [1.54, 1.807) is 17.0 Å². The molecule has 0 radical (unpaired) electrons. The molecular weight excluding hydrogens is 320 g/mol. The highest BCUT2D eigenvalue weighted by Gasteiger charge is 2.27. The molecule has 1 atom stereocenters. The maximum atomic E-state index is 12.3. The number of hydrogen-bond donors (Lipinski definition) is 1. The first-order valence-electron chi connectivity index (χ1n) is 8.41. The van der Waals surface area contributed by atoms with Crippen molar-refractivity contribution in [1.82, 2.24) is 5.32 Å². The molecule has 1 aliphatic heterocycles. The van der Waals surface area contributed by atoms with Crippen LogP contribution in [-0.2, 0) is 11.3 Å². The van der Waals surface area contributed by atoms with Crippen LogP contribution in [0, 0.1) is 6.92 Å². The van der Waals surface area contributed by atoms with E-state index >= 15 is 0 Å². The molecule has 2 amide bonds. The Morgan fingerprint density at radius 3 is 2.88 bits per heavy atom. The van der Waals surface area contributed by atoms with E-state index in [0.717, 1.165) is 12.0 Å². The van der Waals surface area contributed by atoms with Crippen LogP contribution in [0.15, 0.2) is 34.7 Å². The monoisotopic (exact) mass is 342 g/mol. The fourth-order valence-corrected chi connectivity index (χ4v) is 2.62. The summed E-state index contributed by atoms with van der Waals surface area (Å²) in [6, 6.07) is 9.14. The highest BCUT2D eigenvalue weighted by molar-refractivity contribution is 5.97. The Hall–Kier alpha value is -2.76. The zero-order chi connectivity index (χ0) is 18.0. The third kappa shape index (κ3) is 3.68. The van der Waals surface area contributed by atoms with Gasteiger partial charge in [0.2, 0.25) is 0 Å². The molecule has 2 heterocycles. The van der Waals surface area contributed by atoms with Gasteiger partial charge in [0.15, 0.2) is 12.4 Å². The Morgan fingerprint density at radius 2 is 2.12 bits per heavy atom. The third-order valence-electron chi connectivity index (χ3n) is 4.25. The number of amides is 2. The van der Waals surface area contributed by atoms with Gasteiger partial charge < -0.3 is 14.5 Å². The van der Waals surface area contributed by atoms with Crippen molar-refractivity contribution in [1.29, 1.82) is 0 Å². The van der Waals surface area contributed by atoms with Gasteiger partial charge in [0.1, 0.15) is 11.5 Å². The lowest BCUT2D eigenvalue weighted by Gasteiger charge is -2.28. The van der Waals surface area contributed by atoms with Crippen molar-refractivity contribution in [2.24, 2.45) is 0 Å². The summed E-state index contributed by atoms with van der Waals surface area (Å²) in [6.07, 6.45) is 0.845. The van der Waals surface area contributed by atoms with Crippen LogP contribution in [-0.4, -0.2) is 24.5 Å². The maximum Gasteiger partial charge on any atom is 0.287 e. The van der Waals surface area contributed by atoms with E-state index in [4.69, 9.17) is 9.15 Å². The topological polar surface area (TPSA) is 71.8 Å². The van der Waals surface area contributed by atoms with Crippen molar-refractivity contribution < 1.29 is 18.7 Å². The lowest BCUT2D eigenvalue weighted by Crippen LogP contribution is -2.38. The normalized spacial score (nSPS) is 14.7. The molecule has 132 valence electrons. The van der Waals surface area contributed by atoms with Crippen LogP contribution in [0.3, 0.4) is 0 Å². The summed E-state index contributed by atoms with van der Waals surface area (Å²) >= 11 is 0. The molecular formula is C19H22N2O4. The van der Waals surface area contributed by atoms with Crippen LogP contribution in [0.5, 0.6) is 5.75 Å². The number of carbonyl (C=O) groups is 2. The Kier molecular flexibility index (Phi) is 4.79. The smallest absolute Gasteiger partial charge is 0.287 e. The highest BCUT2D eigenvalue weighted by atomic mass is 16.5. The van der Waals surface area contributed by atoms with Gasteiger partial charge in [-0.1, -0.05) is 13.0 Å². The van der Waals surface area contributed by atoms with Crippen molar-refractivity contribution in [3.05, 3.63) is 47.4 Å². The molecule has 1 aliphatic rings. The lowest BCUT2D eigenvalue weighted by atomic mass is 10.1. The highest BCUT2D eigenvalue weighted by Crippen LogP contribution is 2.34. The second-order valence-electron chi connectivity index (χ2n) is 6.29. The summed E-state index contributed by atoms with van der Waals surface area (Å²) in [6.45, 7) is 6.17. The SMILES string of the molecule is CCC(C)NC(=O)c1ccc(CN2C(=O)COc3cc(C)ccc32)o1. The van der Waals surface area contributed by atoms with Crippen LogP contribution in [0.25, 0.3) is 0 Å². The Labute approximate surface area is 146 Å².